The maximum Gasteiger partial charge on any atom is 0.274 e. The molecule has 1 aromatic carbocycles. The molecule has 5 rings (SSSR count). The maximum atomic E-state index is 13.7. The lowest BCUT2D eigenvalue weighted by atomic mass is 10.1. The number of fused-ring (bicyclic) bond motifs is 1. The number of benzene rings is 1. The predicted molar refractivity (Wildman–Crippen MR) is 112 cm³/mol. The largest absolute Gasteiger partial charge is 0.330 e. The number of hydrogen-bond acceptors (Lipinski definition) is 3. The number of hydrogen-bond donors (Lipinski definition) is 0. The van der Waals surface area contributed by atoms with Gasteiger partial charge in [-0.3, -0.25) is 9.78 Å². The minimum Gasteiger partial charge on any atom is -0.330 e. The summed E-state index contributed by atoms with van der Waals surface area (Å²) in [7, 11) is 0. The number of carbonyl (C=O) groups excluding carboxylic acids is 1. The number of nitrogens with zero attached hydrogens (tertiary/aromatic N) is 4. The molecule has 2 aliphatic rings. The van der Waals surface area contributed by atoms with Crippen LogP contribution in [0.3, 0.4) is 0 Å². The molecule has 148 valence electrons. The van der Waals surface area contributed by atoms with Crippen molar-refractivity contribution in [3.63, 3.8) is 0 Å². The Morgan fingerprint density at radius 1 is 0.931 bits per heavy atom. The number of likely N-dealkylation sites (tertiary alicyclic amines) is 1. The fraction of sp³-hybridized carbons (Fsp3) is 0.375. The minimum absolute atomic E-state index is 0.0807. The Hall–Kier alpha value is -2.95. The zero-order valence-corrected chi connectivity index (χ0v) is 16.6. The van der Waals surface area contributed by atoms with E-state index >= 15 is 0 Å². The average Bonchev–Trinajstić information content (AvgIpc) is 3.33. The van der Waals surface area contributed by atoms with E-state index in [9.17, 15) is 4.79 Å². The SMILES string of the molecule is O=C(c1nc(-c2ccccc2)n2c1CCCCC2)N1CCC[C@@H]1c1ccncc1. The van der Waals surface area contributed by atoms with Gasteiger partial charge in [0.2, 0.25) is 0 Å². The van der Waals surface area contributed by atoms with Gasteiger partial charge in [-0.1, -0.05) is 36.8 Å². The first-order chi connectivity index (χ1) is 14.3. The van der Waals surface area contributed by atoms with Crippen molar-refractivity contribution in [2.24, 2.45) is 0 Å². The Morgan fingerprint density at radius 2 is 1.76 bits per heavy atom. The van der Waals surface area contributed by atoms with Crippen LogP contribution in [0.1, 0.15) is 59.9 Å². The summed E-state index contributed by atoms with van der Waals surface area (Å²) in [6, 6.07) is 14.4. The van der Waals surface area contributed by atoms with E-state index in [1.807, 2.05) is 47.6 Å². The Kier molecular flexibility index (Phi) is 4.88. The lowest BCUT2D eigenvalue weighted by Gasteiger charge is -2.24. The molecule has 0 bridgehead atoms. The Labute approximate surface area is 171 Å². The van der Waals surface area contributed by atoms with Crippen molar-refractivity contribution in [1.82, 2.24) is 19.4 Å². The highest BCUT2D eigenvalue weighted by atomic mass is 16.2. The van der Waals surface area contributed by atoms with Crippen molar-refractivity contribution in [2.45, 2.75) is 51.1 Å². The summed E-state index contributed by atoms with van der Waals surface area (Å²) in [5, 5.41) is 0. The molecule has 5 heteroatoms. The van der Waals surface area contributed by atoms with Gasteiger partial charge in [0.05, 0.1) is 11.7 Å². The fourth-order valence-corrected chi connectivity index (χ4v) is 4.78. The molecule has 0 radical (unpaired) electrons. The highest BCUT2D eigenvalue weighted by Crippen LogP contribution is 2.35. The van der Waals surface area contributed by atoms with Crippen molar-refractivity contribution >= 4 is 5.91 Å². The van der Waals surface area contributed by atoms with E-state index in [-0.39, 0.29) is 11.9 Å². The molecule has 0 spiro atoms. The van der Waals surface area contributed by atoms with Gasteiger partial charge >= 0.3 is 0 Å². The quantitative estimate of drug-likeness (QED) is 0.658. The Bertz CT molecular complexity index is 996. The number of imidazole rings is 1. The molecule has 1 atom stereocenters. The number of rotatable bonds is 3. The molecular weight excluding hydrogens is 360 g/mol. The molecule has 5 nitrogen and oxygen atoms in total. The molecule has 0 aliphatic carbocycles. The first-order valence-corrected chi connectivity index (χ1v) is 10.7. The zero-order valence-electron chi connectivity index (χ0n) is 16.6. The van der Waals surface area contributed by atoms with Gasteiger partial charge in [-0.25, -0.2) is 4.98 Å². The van der Waals surface area contributed by atoms with E-state index in [1.54, 1.807) is 0 Å². The molecule has 0 N–H and O–H groups in total. The van der Waals surface area contributed by atoms with Gasteiger partial charge in [0.15, 0.2) is 0 Å². The van der Waals surface area contributed by atoms with Crippen LogP contribution in [0.2, 0.25) is 0 Å². The monoisotopic (exact) mass is 386 g/mol. The van der Waals surface area contributed by atoms with Gasteiger partial charge in [0.1, 0.15) is 11.5 Å². The lowest BCUT2D eigenvalue weighted by molar-refractivity contribution is 0.0729. The molecular formula is C24H26N4O. The van der Waals surface area contributed by atoms with Crippen LogP contribution in [-0.4, -0.2) is 31.9 Å². The second-order valence-corrected chi connectivity index (χ2v) is 8.00. The third-order valence-electron chi connectivity index (χ3n) is 6.21. The summed E-state index contributed by atoms with van der Waals surface area (Å²) >= 11 is 0. The van der Waals surface area contributed by atoms with Crippen LogP contribution in [0.15, 0.2) is 54.9 Å². The molecule has 0 saturated carbocycles. The third-order valence-corrected chi connectivity index (χ3v) is 6.21. The van der Waals surface area contributed by atoms with Crippen molar-refractivity contribution in [3.05, 3.63) is 71.8 Å². The summed E-state index contributed by atoms with van der Waals surface area (Å²) in [6.45, 7) is 1.73. The fourth-order valence-electron chi connectivity index (χ4n) is 4.78. The van der Waals surface area contributed by atoms with E-state index in [1.165, 1.54) is 12.0 Å². The van der Waals surface area contributed by atoms with E-state index < -0.39 is 0 Å². The van der Waals surface area contributed by atoms with Crippen molar-refractivity contribution in [2.75, 3.05) is 6.54 Å². The molecule has 0 unspecified atom stereocenters. The number of aromatic nitrogens is 3. The first kappa shape index (κ1) is 18.1. The molecule has 1 saturated heterocycles. The van der Waals surface area contributed by atoms with Crippen LogP contribution in [0, 0.1) is 0 Å². The summed E-state index contributed by atoms with van der Waals surface area (Å²) in [5.74, 6) is 1.02. The second-order valence-electron chi connectivity index (χ2n) is 8.00. The van der Waals surface area contributed by atoms with E-state index in [4.69, 9.17) is 4.98 Å². The van der Waals surface area contributed by atoms with Gasteiger partial charge < -0.3 is 9.47 Å². The second kappa shape index (κ2) is 7.82. The summed E-state index contributed by atoms with van der Waals surface area (Å²) in [5.41, 5.74) is 4.03. The predicted octanol–water partition coefficient (Wildman–Crippen LogP) is 4.65. The Morgan fingerprint density at radius 3 is 2.59 bits per heavy atom. The van der Waals surface area contributed by atoms with Crippen LogP contribution < -0.4 is 0 Å². The number of carbonyl (C=O) groups is 1. The van der Waals surface area contributed by atoms with Gasteiger partial charge in [0.25, 0.3) is 5.91 Å². The van der Waals surface area contributed by atoms with Gasteiger partial charge in [-0.05, 0) is 49.8 Å². The van der Waals surface area contributed by atoms with E-state index in [0.29, 0.717) is 5.69 Å². The normalized spacial score (nSPS) is 19.0. The molecule has 4 heterocycles. The molecule has 1 amide bonds. The van der Waals surface area contributed by atoms with Crippen LogP contribution in [0.25, 0.3) is 11.4 Å². The van der Waals surface area contributed by atoms with E-state index in [2.05, 4.69) is 21.7 Å². The van der Waals surface area contributed by atoms with Crippen LogP contribution >= 0.6 is 0 Å². The topological polar surface area (TPSA) is 51.0 Å². The summed E-state index contributed by atoms with van der Waals surface area (Å²) in [6.07, 6.45) is 10.0. The molecule has 2 aliphatic heterocycles. The van der Waals surface area contributed by atoms with Gasteiger partial charge in [0, 0.05) is 31.0 Å². The zero-order chi connectivity index (χ0) is 19.6. The number of pyridine rings is 1. The standard InChI is InChI=1S/C24H26N4O/c29-24(28-17-7-11-20(28)18-12-14-25-15-13-18)22-21-10-5-2-6-16-27(21)23(26-22)19-8-3-1-4-9-19/h1,3-4,8-9,12-15,20H,2,5-7,10-11,16-17H2/t20-/m1/s1. The van der Waals surface area contributed by atoms with Gasteiger partial charge in [-0.15, -0.1) is 0 Å². The van der Waals surface area contributed by atoms with Crippen LogP contribution in [0.4, 0.5) is 0 Å². The summed E-state index contributed by atoms with van der Waals surface area (Å²) in [4.78, 5) is 24.8. The average molecular weight is 386 g/mol. The highest BCUT2D eigenvalue weighted by Gasteiger charge is 2.34. The van der Waals surface area contributed by atoms with Crippen molar-refractivity contribution in [1.29, 1.82) is 0 Å². The van der Waals surface area contributed by atoms with Crippen LogP contribution in [0.5, 0.6) is 0 Å². The highest BCUT2D eigenvalue weighted by molar-refractivity contribution is 5.95. The summed E-state index contributed by atoms with van der Waals surface area (Å²) < 4.78 is 2.30. The minimum atomic E-state index is 0.0807. The maximum absolute atomic E-state index is 13.7. The van der Waals surface area contributed by atoms with Gasteiger partial charge in [-0.2, -0.15) is 0 Å². The van der Waals surface area contributed by atoms with E-state index in [0.717, 1.165) is 62.3 Å². The molecule has 2 aromatic heterocycles. The lowest BCUT2D eigenvalue weighted by Crippen LogP contribution is -2.31. The number of amides is 1. The van der Waals surface area contributed by atoms with Crippen LogP contribution in [-0.2, 0) is 13.0 Å². The first-order valence-electron chi connectivity index (χ1n) is 10.7. The van der Waals surface area contributed by atoms with Crippen molar-refractivity contribution < 1.29 is 4.79 Å². The molecule has 1 fully saturated rings. The molecule has 29 heavy (non-hydrogen) atoms. The smallest absolute Gasteiger partial charge is 0.274 e. The Balaban J connectivity index is 1.55. The molecule has 3 aromatic rings. The third kappa shape index (κ3) is 3.35. The van der Waals surface area contributed by atoms with Crippen molar-refractivity contribution in [3.8, 4) is 11.4 Å².